The second kappa shape index (κ2) is 6.41. The van der Waals surface area contributed by atoms with E-state index in [0.717, 1.165) is 0 Å². The Morgan fingerprint density at radius 2 is 2.19 bits per heavy atom. The molecule has 0 radical (unpaired) electrons. The van der Waals surface area contributed by atoms with Crippen LogP contribution in [0.3, 0.4) is 0 Å². The van der Waals surface area contributed by atoms with Gasteiger partial charge in [-0.2, -0.15) is 4.98 Å². The van der Waals surface area contributed by atoms with E-state index in [2.05, 4.69) is 9.97 Å². The molecule has 0 amide bonds. The van der Waals surface area contributed by atoms with E-state index < -0.39 is 5.97 Å². The lowest BCUT2D eigenvalue weighted by Gasteiger charge is -2.08. The normalized spacial score (nSPS) is 10.2. The number of nitrogens with zero attached hydrogens (tertiary/aromatic N) is 2. The Bertz CT molecular complexity index is 677. The molecule has 0 bridgehead atoms. The van der Waals surface area contributed by atoms with Crippen LogP contribution in [0.15, 0.2) is 24.4 Å². The van der Waals surface area contributed by atoms with E-state index in [-0.39, 0.29) is 6.01 Å². The molecule has 0 saturated carbocycles. The van der Waals surface area contributed by atoms with Crippen LogP contribution in [0.5, 0.6) is 11.8 Å². The second-order valence-electron chi connectivity index (χ2n) is 4.16. The van der Waals surface area contributed by atoms with Gasteiger partial charge in [0.2, 0.25) is 0 Å². The molecule has 0 fully saturated rings. The van der Waals surface area contributed by atoms with Gasteiger partial charge in [0.1, 0.15) is 5.75 Å². The molecular weight excluding hydrogens is 294 g/mol. The topological polar surface area (TPSA) is 87.3 Å². The SMILES string of the molecule is CCOC(=O)c1cnc(Oc2ccc(N)c(Cl)c2)nc1C. The molecule has 1 aromatic carbocycles. The Hall–Kier alpha value is -2.34. The number of aromatic nitrogens is 2. The number of halogens is 1. The van der Waals surface area contributed by atoms with Gasteiger partial charge in [-0.05, 0) is 26.0 Å². The molecule has 0 saturated heterocycles. The van der Waals surface area contributed by atoms with Gasteiger partial charge in [0.25, 0.3) is 0 Å². The number of nitrogens with two attached hydrogens (primary N) is 1. The van der Waals surface area contributed by atoms with Gasteiger partial charge in [-0.3, -0.25) is 0 Å². The number of aryl methyl sites for hydroxylation is 1. The molecule has 1 aromatic heterocycles. The number of hydrogen-bond acceptors (Lipinski definition) is 6. The molecule has 110 valence electrons. The lowest BCUT2D eigenvalue weighted by atomic mass is 10.2. The van der Waals surface area contributed by atoms with Crippen molar-refractivity contribution in [3.05, 3.63) is 40.7 Å². The van der Waals surface area contributed by atoms with Crippen molar-refractivity contribution in [1.29, 1.82) is 0 Å². The third-order valence-electron chi connectivity index (χ3n) is 2.63. The van der Waals surface area contributed by atoms with Crippen LogP contribution in [0, 0.1) is 6.92 Å². The third kappa shape index (κ3) is 3.61. The van der Waals surface area contributed by atoms with Crippen molar-refractivity contribution in [2.24, 2.45) is 0 Å². The summed E-state index contributed by atoms with van der Waals surface area (Å²) in [6, 6.07) is 4.95. The zero-order valence-electron chi connectivity index (χ0n) is 11.6. The summed E-state index contributed by atoms with van der Waals surface area (Å²) in [6.07, 6.45) is 1.37. The average Bonchev–Trinajstić information content (AvgIpc) is 2.43. The lowest BCUT2D eigenvalue weighted by Crippen LogP contribution is -2.09. The summed E-state index contributed by atoms with van der Waals surface area (Å²) in [5.41, 5.74) is 6.85. The van der Waals surface area contributed by atoms with E-state index in [4.69, 9.17) is 26.8 Å². The van der Waals surface area contributed by atoms with E-state index in [1.165, 1.54) is 6.20 Å². The van der Waals surface area contributed by atoms with Gasteiger partial charge in [-0.1, -0.05) is 11.6 Å². The van der Waals surface area contributed by atoms with Crippen LogP contribution < -0.4 is 10.5 Å². The molecule has 2 rings (SSSR count). The standard InChI is InChI=1S/C14H14ClN3O3/c1-3-20-13(19)10-7-17-14(18-8(10)2)21-9-4-5-12(16)11(15)6-9/h4-7H,3,16H2,1-2H3. The van der Waals surface area contributed by atoms with E-state index in [1.54, 1.807) is 32.0 Å². The number of esters is 1. The van der Waals surface area contributed by atoms with Gasteiger partial charge >= 0.3 is 12.0 Å². The molecule has 2 aromatic rings. The summed E-state index contributed by atoms with van der Waals surface area (Å²) in [7, 11) is 0. The molecule has 0 aliphatic heterocycles. The van der Waals surface area contributed by atoms with Crippen LogP contribution >= 0.6 is 11.6 Å². The van der Waals surface area contributed by atoms with Gasteiger partial charge in [0, 0.05) is 12.3 Å². The van der Waals surface area contributed by atoms with Crippen LogP contribution in [0.1, 0.15) is 23.0 Å². The first-order chi connectivity index (χ1) is 10.0. The monoisotopic (exact) mass is 307 g/mol. The maximum absolute atomic E-state index is 11.6. The highest BCUT2D eigenvalue weighted by Crippen LogP contribution is 2.26. The molecule has 0 aliphatic carbocycles. The Morgan fingerprint density at radius 1 is 1.43 bits per heavy atom. The van der Waals surface area contributed by atoms with Gasteiger partial charge < -0.3 is 15.2 Å². The Balaban J connectivity index is 2.20. The largest absolute Gasteiger partial charge is 0.462 e. The molecule has 2 N–H and O–H groups in total. The first-order valence-corrected chi connectivity index (χ1v) is 6.62. The summed E-state index contributed by atoms with van der Waals surface area (Å²) in [4.78, 5) is 19.7. The first-order valence-electron chi connectivity index (χ1n) is 6.25. The van der Waals surface area contributed by atoms with Crippen LogP contribution in [-0.4, -0.2) is 22.5 Å². The number of nitrogen functional groups attached to an aromatic ring is 1. The van der Waals surface area contributed by atoms with Gasteiger partial charge in [0.15, 0.2) is 0 Å². The van der Waals surface area contributed by atoms with Crippen molar-refractivity contribution in [3.63, 3.8) is 0 Å². The van der Waals surface area contributed by atoms with Crippen molar-refractivity contribution in [1.82, 2.24) is 9.97 Å². The number of rotatable bonds is 4. The number of carbonyl (C=O) groups excluding carboxylic acids is 1. The van der Waals surface area contributed by atoms with Gasteiger partial charge in [-0.15, -0.1) is 0 Å². The molecule has 0 spiro atoms. The van der Waals surface area contributed by atoms with Gasteiger partial charge in [-0.25, -0.2) is 9.78 Å². The van der Waals surface area contributed by atoms with E-state index in [0.29, 0.717) is 34.3 Å². The highest BCUT2D eigenvalue weighted by atomic mass is 35.5. The molecule has 0 aliphatic rings. The van der Waals surface area contributed by atoms with Crippen molar-refractivity contribution in [2.45, 2.75) is 13.8 Å². The molecule has 21 heavy (non-hydrogen) atoms. The summed E-state index contributed by atoms with van der Waals surface area (Å²) in [6.45, 7) is 3.70. The highest BCUT2D eigenvalue weighted by molar-refractivity contribution is 6.33. The van der Waals surface area contributed by atoms with Crippen molar-refractivity contribution >= 4 is 23.3 Å². The van der Waals surface area contributed by atoms with Gasteiger partial charge in [0.05, 0.1) is 28.6 Å². The van der Waals surface area contributed by atoms with Crippen molar-refractivity contribution < 1.29 is 14.3 Å². The molecule has 0 atom stereocenters. The minimum absolute atomic E-state index is 0.112. The van der Waals surface area contributed by atoms with Crippen LogP contribution in [0.2, 0.25) is 5.02 Å². The number of anilines is 1. The van der Waals surface area contributed by atoms with E-state index in [1.807, 2.05) is 0 Å². The fourth-order valence-corrected chi connectivity index (χ4v) is 1.75. The van der Waals surface area contributed by atoms with Crippen molar-refractivity contribution in [2.75, 3.05) is 12.3 Å². The zero-order chi connectivity index (χ0) is 15.4. The third-order valence-corrected chi connectivity index (χ3v) is 2.96. The Labute approximate surface area is 126 Å². The smallest absolute Gasteiger partial charge is 0.341 e. The lowest BCUT2D eigenvalue weighted by molar-refractivity contribution is 0.0524. The summed E-state index contributed by atoms with van der Waals surface area (Å²) < 4.78 is 10.4. The molecule has 1 heterocycles. The summed E-state index contributed by atoms with van der Waals surface area (Å²) >= 11 is 5.91. The predicted molar refractivity (Wildman–Crippen MR) is 78.7 cm³/mol. The zero-order valence-corrected chi connectivity index (χ0v) is 12.3. The van der Waals surface area contributed by atoms with E-state index >= 15 is 0 Å². The predicted octanol–water partition coefficient (Wildman–Crippen LogP) is 2.99. The molecule has 0 unspecified atom stereocenters. The van der Waals surface area contributed by atoms with E-state index in [9.17, 15) is 4.79 Å². The fourth-order valence-electron chi connectivity index (χ4n) is 1.58. The Kier molecular flexibility index (Phi) is 4.59. The molecule has 6 nitrogen and oxygen atoms in total. The van der Waals surface area contributed by atoms with Crippen LogP contribution in [0.25, 0.3) is 0 Å². The maximum Gasteiger partial charge on any atom is 0.341 e. The number of ether oxygens (including phenoxy) is 2. The first kappa shape index (κ1) is 15.1. The van der Waals surface area contributed by atoms with Crippen molar-refractivity contribution in [3.8, 4) is 11.8 Å². The number of hydrogen-bond donors (Lipinski definition) is 1. The average molecular weight is 308 g/mol. The minimum atomic E-state index is -0.461. The summed E-state index contributed by atoms with van der Waals surface area (Å²) in [5, 5.41) is 0.382. The second-order valence-corrected chi connectivity index (χ2v) is 4.56. The number of carbonyl (C=O) groups is 1. The van der Waals surface area contributed by atoms with Crippen LogP contribution in [-0.2, 0) is 4.74 Å². The Morgan fingerprint density at radius 3 is 2.81 bits per heavy atom. The molecule has 7 heteroatoms. The maximum atomic E-state index is 11.6. The summed E-state index contributed by atoms with van der Waals surface area (Å²) in [5.74, 6) is -0.00503. The van der Waals surface area contributed by atoms with Crippen LogP contribution in [0.4, 0.5) is 5.69 Å². The molecular formula is C14H14ClN3O3. The highest BCUT2D eigenvalue weighted by Gasteiger charge is 2.13. The fraction of sp³-hybridized carbons (Fsp3) is 0.214. The minimum Gasteiger partial charge on any atom is -0.462 e. The quantitative estimate of drug-likeness (QED) is 0.690. The number of benzene rings is 1.